The second-order valence-corrected chi connectivity index (χ2v) is 5.90. The SMILES string of the molecule is NNc1cc(C2CC2)nc2c(I)cc(Cl)cc12. The van der Waals surface area contributed by atoms with Crippen LogP contribution in [0.2, 0.25) is 5.02 Å². The minimum atomic E-state index is 0.609. The molecule has 88 valence electrons. The summed E-state index contributed by atoms with van der Waals surface area (Å²) in [4.78, 5) is 4.72. The summed E-state index contributed by atoms with van der Waals surface area (Å²) in [6, 6.07) is 5.86. The van der Waals surface area contributed by atoms with Crippen LogP contribution in [0, 0.1) is 3.57 Å². The van der Waals surface area contributed by atoms with Gasteiger partial charge in [0.15, 0.2) is 0 Å². The lowest BCUT2D eigenvalue weighted by molar-refractivity contribution is 1.04. The molecular weight excluding hydrogens is 349 g/mol. The van der Waals surface area contributed by atoms with Gasteiger partial charge in [-0.3, -0.25) is 10.8 Å². The molecule has 1 fully saturated rings. The van der Waals surface area contributed by atoms with Crippen molar-refractivity contribution in [2.24, 2.45) is 5.84 Å². The van der Waals surface area contributed by atoms with Gasteiger partial charge in [0.25, 0.3) is 0 Å². The smallest absolute Gasteiger partial charge is 0.0861 e. The summed E-state index contributed by atoms with van der Waals surface area (Å²) in [5, 5.41) is 1.69. The third kappa shape index (κ3) is 2.09. The fraction of sp³-hybridized carbons (Fsp3) is 0.250. The summed E-state index contributed by atoms with van der Waals surface area (Å²) >= 11 is 8.33. The molecule has 0 bridgehead atoms. The van der Waals surface area contributed by atoms with Crippen molar-refractivity contribution < 1.29 is 0 Å². The van der Waals surface area contributed by atoms with Gasteiger partial charge in [-0.25, -0.2) is 0 Å². The van der Waals surface area contributed by atoms with E-state index in [1.165, 1.54) is 12.8 Å². The quantitative estimate of drug-likeness (QED) is 0.489. The maximum atomic E-state index is 6.07. The largest absolute Gasteiger partial charge is 0.323 e. The van der Waals surface area contributed by atoms with E-state index in [-0.39, 0.29) is 0 Å². The Bertz CT molecular complexity index is 596. The van der Waals surface area contributed by atoms with E-state index in [1.54, 1.807) is 0 Å². The zero-order chi connectivity index (χ0) is 12.0. The van der Waals surface area contributed by atoms with Crippen LogP contribution in [0.4, 0.5) is 5.69 Å². The van der Waals surface area contributed by atoms with Crippen molar-refractivity contribution in [2.45, 2.75) is 18.8 Å². The number of fused-ring (bicyclic) bond motifs is 1. The molecule has 0 unspecified atom stereocenters. The number of halogens is 2. The summed E-state index contributed by atoms with van der Waals surface area (Å²) in [6.45, 7) is 0. The molecule has 3 N–H and O–H groups in total. The molecule has 5 heteroatoms. The van der Waals surface area contributed by atoms with Gasteiger partial charge in [-0.2, -0.15) is 0 Å². The molecule has 0 radical (unpaired) electrons. The number of nitrogens with two attached hydrogens (primary N) is 1. The van der Waals surface area contributed by atoms with Crippen LogP contribution in [0.15, 0.2) is 18.2 Å². The summed E-state index contributed by atoms with van der Waals surface area (Å²) in [7, 11) is 0. The van der Waals surface area contributed by atoms with E-state index < -0.39 is 0 Å². The number of hydrogen-bond donors (Lipinski definition) is 2. The lowest BCUT2D eigenvalue weighted by Gasteiger charge is -2.10. The lowest BCUT2D eigenvalue weighted by atomic mass is 10.1. The van der Waals surface area contributed by atoms with Gasteiger partial charge in [0, 0.05) is 25.6 Å². The van der Waals surface area contributed by atoms with Crippen LogP contribution in [0.5, 0.6) is 0 Å². The number of nitrogen functional groups attached to an aromatic ring is 1. The van der Waals surface area contributed by atoms with E-state index in [4.69, 9.17) is 22.4 Å². The van der Waals surface area contributed by atoms with E-state index >= 15 is 0 Å². The maximum absolute atomic E-state index is 6.07. The number of hydrazine groups is 1. The Morgan fingerprint density at radius 3 is 2.76 bits per heavy atom. The number of rotatable bonds is 2. The predicted molar refractivity (Wildman–Crippen MR) is 79.3 cm³/mol. The first-order chi connectivity index (χ1) is 8.19. The zero-order valence-electron chi connectivity index (χ0n) is 9.00. The number of anilines is 1. The molecule has 0 atom stereocenters. The van der Waals surface area contributed by atoms with Crippen LogP contribution >= 0.6 is 34.2 Å². The van der Waals surface area contributed by atoms with Crippen molar-refractivity contribution >= 4 is 50.8 Å². The van der Waals surface area contributed by atoms with Crippen LogP contribution < -0.4 is 11.3 Å². The second-order valence-electron chi connectivity index (χ2n) is 4.30. The predicted octanol–water partition coefficient (Wildman–Crippen LogP) is 3.66. The number of nitrogens with one attached hydrogen (secondary N) is 1. The average Bonchev–Trinajstić information content (AvgIpc) is 3.11. The van der Waals surface area contributed by atoms with Crippen molar-refractivity contribution in [3.8, 4) is 0 Å². The van der Waals surface area contributed by atoms with Gasteiger partial charge in [0.2, 0.25) is 0 Å². The summed E-state index contributed by atoms with van der Waals surface area (Å²) in [6.07, 6.45) is 2.46. The fourth-order valence-electron chi connectivity index (χ4n) is 1.98. The molecule has 1 aliphatic carbocycles. The van der Waals surface area contributed by atoms with Crippen molar-refractivity contribution in [2.75, 3.05) is 5.43 Å². The highest BCUT2D eigenvalue weighted by atomic mass is 127. The normalized spacial score (nSPS) is 15.2. The highest BCUT2D eigenvalue weighted by Crippen LogP contribution is 2.41. The topological polar surface area (TPSA) is 50.9 Å². The van der Waals surface area contributed by atoms with Gasteiger partial charge in [-0.1, -0.05) is 11.6 Å². The van der Waals surface area contributed by atoms with E-state index in [2.05, 4.69) is 28.0 Å². The molecule has 1 aliphatic rings. The second kappa shape index (κ2) is 4.26. The first kappa shape index (κ1) is 11.5. The first-order valence-electron chi connectivity index (χ1n) is 5.45. The van der Waals surface area contributed by atoms with Crippen molar-refractivity contribution in [3.63, 3.8) is 0 Å². The molecule has 1 aromatic carbocycles. The Labute approximate surface area is 118 Å². The van der Waals surface area contributed by atoms with Gasteiger partial charge < -0.3 is 5.43 Å². The van der Waals surface area contributed by atoms with Crippen LogP contribution in [0.25, 0.3) is 10.9 Å². The van der Waals surface area contributed by atoms with Crippen molar-refractivity contribution in [1.82, 2.24) is 4.98 Å². The number of pyridine rings is 1. The molecule has 1 heterocycles. The van der Waals surface area contributed by atoms with E-state index in [1.807, 2.05) is 18.2 Å². The summed E-state index contributed by atoms with van der Waals surface area (Å²) in [5.41, 5.74) is 5.76. The number of nitrogens with zero attached hydrogens (tertiary/aromatic N) is 1. The van der Waals surface area contributed by atoms with Crippen LogP contribution in [-0.2, 0) is 0 Å². The van der Waals surface area contributed by atoms with Crippen molar-refractivity contribution in [3.05, 3.63) is 32.5 Å². The standard InChI is InChI=1S/C12H11ClIN3/c13-7-3-8-11(17-15)5-10(6-1-2-6)16-12(8)9(14)4-7/h3-6H,1-2,15H2,(H,16,17). The monoisotopic (exact) mass is 359 g/mol. The Morgan fingerprint density at radius 1 is 1.35 bits per heavy atom. The molecule has 0 amide bonds. The minimum Gasteiger partial charge on any atom is -0.323 e. The Balaban J connectivity index is 2.31. The number of benzene rings is 1. The molecule has 17 heavy (non-hydrogen) atoms. The Morgan fingerprint density at radius 2 is 2.12 bits per heavy atom. The van der Waals surface area contributed by atoms with Gasteiger partial charge in [0.1, 0.15) is 0 Å². The number of hydrogen-bond acceptors (Lipinski definition) is 3. The third-order valence-corrected chi connectivity index (χ3v) is 4.04. The molecule has 0 aliphatic heterocycles. The lowest BCUT2D eigenvalue weighted by Crippen LogP contribution is -2.08. The van der Waals surface area contributed by atoms with Crippen LogP contribution in [0.3, 0.4) is 0 Å². The Hall–Kier alpha value is -0.590. The number of aromatic nitrogens is 1. The van der Waals surface area contributed by atoms with E-state index in [0.29, 0.717) is 10.9 Å². The molecular formula is C12H11ClIN3. The molecule has 3 rings (SSSR count). The Kier molecular flexibility index (Phi) is 2.88. The summed E-state index contributed by atoms with van der Waals surface area (Å²) in [5.74, 6) is 6.19. The maximum Gasteiger partial charge on any atom is 0.0861 e. The van der Waals surface area contributed by atoms with Crippen molar-refractivity contribution in [1.29, 1.82) is 0 Å². The highest BCUT2D eigenvalue weighted by Gasteiger charge is 2.26. The first-order valence-corrected chi connectivity index (χ1v) is 6.91. The van der Waals surface area contributed by atoms with E-state index in [0.717, 1.165) is 25.9 Å². The highest BCUT2D eigenvalue weighted by molar-refractivity contribution is 14.1. The molecule has 1 aromatic heterocycles. The van der Waals surface area contributed by atoms with Crippen LogP contribution in [-0.4, -0.2) is 4.98 Å². The fourth-order valence-corrected chi connectivity index (χ4v) is 3.13. The van der Waals surface area contributed by atoms with Crippen LogP contribution in [0.1, 0.15) is 24.5 Å². The van der Waals surface area contributed by atoms with Gasteiger partial charge in [-0.05, 0) is 53.6 Å². The third-order valence-electron chi connectivity index (χ3n) is 3.00. The molecule has 2 aromatic rings. The molecule has 0 saturated heterocycles. The molecule has 1 saturated carbocycles. The van der Waals surface area contributed by atoms with Gasteiger partial charge in [0.05, 0.1) is 11.2 Å². The van der Waals surface area contributed by atoms with Gasteiger partial charge in [-0.15, -0.1) is 0 Å². The molecule has 0 spiro atoms. The summed E-state index contributed by atoms with van der Waals surface area (Å²) < 4.78 is 1.06. The zero-order valence-corrected chi connectivity index (χ0v) is 11.9. The average molecular weight is 360 g/mol. The molecule has 3 nitrogen and oxygen atoms in total. The minimum absolute atomic E-state index is 0.609. The van der Waals surface area contributed by atoms with Gasteiger partial charge >= 0.3 is 0 Å². The van der Waals surface area contributed by atoms with E-state index in [9.17, 15) is 0 Å².